The van der Waals surface area contributed by atoms with Gasteiger partial charge in [-0.25, -0.2) is 0 Å². The standard InChI is InChI=1S/C20H22N2O3/c1-15-8-10-17(11-9-15)19(23)22-18(20(24)21-12-13-25-2)14-16-6-4-3-5-7-16/h3-11,14H,12-13H2,1-2H3,(H,21,24)(H,22,23)/b18-14-. The van der Waals surface area contributed by atoms with E-state index in [0.29, 0.717) is 18.7 Å². The van der Waals surface area contributed by atoms with Gasteiger partial charge in [0.25, 0.3) is 11.8 Å². The molecule has 0 spiro atoms. The molecular formula is C20H22N2O3. The van der Waals surface area contributed by atoms with Crippen molar-refractivity contribution in [2.24, 2.45) is 0 Å². The minimum absolute atomic E-state index is 0.188. The second kappa shape index (κ2) is 9.39. The summed E-state index contributed by atoms with van der Waals surface area (Å²) < 4.78 is 4.93. The summed E-state index contributed by atoms with van der Waals surface area (Å²) in [5, 5.41) is 5.42. The number of ether oxygens (including phenoxy) is 1. The molecule has 0 heterocycles. The Morgan fingerprint density at radius 3 is 2.36 bits per heavy atom. The van der Waals surface area contributed by atoms with Crippen molar-refractivity contribution in [1.82, 2.24) is 10.6 Å². The highest BCUT2D eigenvalue weighted by Gasteiger charge is 2.14. The van der Waals surface area contributed by atoms with Crippen LogP contribution in [-0.4, -0.2) is 32.1 Å². The van der Waals surface area contributed by atoms with Crippen LogP contribution in [0.25, 0.3) is 6.08 Å². The summed E-state index contributed by atoms with van der Waals surface area (Å²) in [7, 11) is 1.56. The zero-order chi connectivity index (χ0) is 18.1. The minimum atomic E-state index is -0.360. The first-order valence-electron chi connectivity index (χ1n) is 8.02. The normalized spacial score (nSPS) is 11.0. The van der Waals surface area contributed by atoms with Gasteiger partial charge in [-0.3, -0.25) is 9.59 Å². The minimum Gasteiger partial charge on any atom is -0.383 e. The number of nitrogens with one attached hydrogen (secondary N) is 2. The zero-order valence-corrected chi connectivity index (χ0v) is 14.4. The monoisotopic (exact) mass is 338 g/mol. The largest absolute Gasteiger partial charge is 0.383 e. The summed E-state index contributed by atoms with van der Waals surface area (Å²) in [5.74, 6) is -0.689. The summed E-state index contributed by atoms with van der Waals surface area (Å²) in [6, 6.07) is 16.5. The predicted octanol–water partition coefficient (Wildman–Crippen LogP) is 2.53. The van der Waals surface area contributed by atoms with Crippen molar-refractivity contribution in [3.63, 3.8) is 0 Å². The SMILES string of the molecule is COCCNC(=O)/C(=C/c1ccccc1)NC(=O)c1ccc(C)cc1. The summed E-state index contributed by atoms with van der Waals surface area (Å²) in [6.07, 6.45) is 1.65. The van der Waals surface area contributed by atoms with Gasteiger partial charge in [0.1, 0.15) is 5.70 Å². The Balaban J connectivity index is 2.18. The third kappa shape index (κ3) is 5.90. The van der Waals surface area contributed by atoms with E-state index >= 15 is 0 Å². The number of carbonyl (C=O) groups is 2. The average Bonchev–Trinajstić information content (AvgIpc) is 2.62. The van der Waals surface area contributed by atoms with Crippen LogP contribution in [-0.2, 0) is 9.53 Å². The van der Waals surface area contributed by atoms with Crippen molar-refractivity contribution >= 4 is 17.9 Å². The molecule has 0 radical (unpaired) electrons. The number of aryl methyl sites for hydroxylation is 1. The maximum absolute atomic E-state index is 12.4. The maximum Gasteiger partial charge on any atom is 0.267 e. The van der Waals surface area contributed by atoms with E-state index in [1.54, 1.807) is 25.3 Å². The molecule has 5 heteroatoms. The number of amides is 2. The fourth-order valence-corrected chi connectivity index (χ4v) is 2.14. The first kappa shape index (κ1) is 18.4. The van der Waals surface area contributed by atoms with Gasteiger partial charge < -0.3 is 15.4 Å². The molecule has 0 unspecified atom stereocenters. The van der Waals surface area contributed by atoms with Gasteiger partial charge in [0.2, 0.25) is 0 Å². The molecule has 25 heavy (non-hydrogen) atoms. The molecule has 0 fully saturated rings. The van der Waals surface area contributed by atoms with Gasteiger partial charge in [-0.05, 0) is 30.7 Å². The smallest absolute Gasteiger partial charge is 0.267 e. The van der Waals surface area contributed by atoms with E-state index < -0.39 is 0 Å². The molecule has 0 saturated heterocycles. The Morgan fingerprint density at radius 1 is 1.04 bits per heavy atom. The molecule has 0 aromatic heterocycles. The van der Waals surface area contributed by atoms with E-state index in [4.69, 9.17) is 4.74 Å². The van der Waals surface area contributed by atoms with Crippen molar-refractivity contribution in [1.29, 1.82) is 0 Å². The Hall–Kier alpha value is -2.92. The fourth-order valence-electron chi connectivity index (χ4n) is 2.14. The molecule has 5 nitrogen and oxygen atoms in total. The second-order valence-electron chi connectivity index (χ2n) is 5.54. The number of hydrogen-bond acceptors (Lipinski definition) is 3. The highest BCUT2D eigenvalue weighted by Crippen LogP contribution is 2.08. The molecule has 2 rings (SSSR count). The molecule has 2 N–H and O–H groups in total. The van der Waals surface area contributed by atoms with E-state index in [9.17, 15) is 9.59 Å². The summed E-state index contributed by atoms with van der Waals surface area (Å²) in [5.41, 5.74) is 2.57. The van der Waals surface area contributed by atoms with Crippen LogP contribution in [0.4, 0.5) is 0 Å². The molecule has 0 saturated carbocycles. The molecule has 0 aliphatic heterocycles. The van der Waals surface area contributed by atoms with E-state index in [0.717, 1.165) is 11.1 Å². The van der Waals surface area contributed by atoms with Crippen molar-refractivity contribution < 1.29 is 14.3 Å². The van der Waals surface area contributed by atoms with Gasteiger partial charge in [-0.1, -0.05) is 48.0 Å². The molecule has 0 aliphatic carbocycles. The lowest BCUT2D eigenvalue weighted by molar-refractivity contribution is -0.117. The van der Waals surface area contributed by atoms with Crippen molar-refractivity contribution in [2.45, 2.75) is 6.92 Å². The van der Waals surface area contributed by atoms with Crippen LogP contribution >= 0.6 is 0 Å². The van der Waals surface area contributed by atoms with E-state index in [2.05, 4.69) is 10.6 Å². The number of benzene rings is 2. The van der Waals surface area contributed by atoms with Gasteiger partial charge >= 0.3 is 0 Å². The third-order valence-corrected chi connectivity index (χ3v) is 3.51. The Labute approximate surface area is 147 Å². The van der Waals surface area contributed by atoms with Crippen LogP contribution in [0, 0.1) is 6.92 Å². The molecule has 2 aromatic rings. The predicted molar refractivity (Wildman–Crippen MR) is 97.9 cm³/mol. The number of carbonyl (C=O) groups excluding carboxylic acids is 2. The van der Waals surface area contributed by atoms with Crippen LogP contribution < -0.4 is 10.6 Å². The topological polar surface area (TPSA) is 67.4 Å². The van der Waals surface area contributed by atoms with Crippen LogP contribution in [0.5, 0.6) is 0 Å². The Bertz CT molecular complexity index is 737. The van der Waals surface area contributed by atoms with Crippen molar-refractivity contribution in [3.8, 4) is 0 Å². The first-order chi connectivity index (χ1) is 12.1. The molecule has 130 valence electrons. The lowest BCUT2D eigenvalue weighted by Gasteiger charge is -2.11. The van der Waals surface area contributed by atoms with Crippen LogP contribution in [0.1, 0.15) is 21.5 Å². The van der Waals surface area contributed by atoms with Gasteiger partial charge in [-0.15, -0.1) is 0 Å². The number of methoxy groups -OCH3 is 1. The second-order valence-corrected chi connectivity index (χ2v) is 5.54. The zero-order valence-electron chi connectivity index (χ0n) is 14.4. The molecule has 0 bridgehead atoms. The number of hydrogen-bond donors (Lipinski definition) is 2. The fraction of sp³-hybridized carbons (Fsp3) is 0.200. The summed E-state index contributed by atoms with van der Waals surface area (Å²) in [6.45, 7) is 2.71. The highest BCUT2D eigenvalue weighted by atomic mass is 16.5. The van der Waals surface area contributed by atoms with Gasteiger partial charge in [0.05, 0.1) is 6.61 Å². The van der Waals surface area contributed by atoms with Crippen LogP contribution in [0.2, 0.25) is 0 Å². The Morgan fingerprint density at radius 2 is 1.72 bits per heavy atom. The molecule has 0 aliphatic rings. The molecule has 0 atom stereocenters. The first-order valence-corrected chi connectivity index (χ1v) is 8.02. The highest BCUT2D eigenvalue weighted by molar-refractivity contribution is 6.05. The Kier molecular flexibility index (Phi) is 6.92. The van der Waals surface area contributed by atoms with E-state index in [-0.39, 0.29) is 17.5 Å². The van der Waals surface area contributed by atoms with Crippen molar-refractivity contribution in [2.75, 3.05) is 20.3 Å². The van der Waals surface area contributed by atoms with E-state index in [1.165, 1.54) is 0 Å². The maximum atomic E-state index is 12.4. The van der Waals surface area contributed by atoms with Gasteiger partial charge in [0.15, 0.2) is 0 Å². The van der Waals surface area contributed by atoms with Crippen LogP contribution in [0.3, 0.4) is 0 Å². The quantitative estimate of drug-likeness (QED) is 0.602. The third-order valence-electron chi connectivity index (χ3n) is 3.51. The van der Waals surface area contributed by atoms with Gasteiger partial charge in [0, 0.05) is 19.2 Å². The van der Waals surface area contributed by atoms with Gasteiger partial charge in [-0.2, -0.15) is 0 Å². The number of rotatable bonds is 7. The molecule has 2 amide bonds. The summed E-state index contributed by atoms with van der Waals surface area (Å²) in [4.78, 5) is 24.8. The lowest BCUT2D eigenvalue weighted by Crippen LogP contribution is -2.36. The average molecular weight is 338 g/mol. The molecular weight excluding hydrogens is 316 g/mol. The van der Waals surface area contributed by atoms with Crippen molar-refractivity contribution in [3.05, 3.63) is 77.0 Å². The lowest BCUT2D eigenvalue weighted by atomic mass is 10.1. The van der Waals surface area contributed by atoms with E-state index in [1.807, 2.05) is 49.4 Å². The molecule has 2 aromatic carbocycles. The summed E-state index contributed by atoms with van der Waals surface area (Å²) >= 11 is 0. The van der Waals surface area contributed by atoms with Crippen LogP contribution in [0.15, 0.2) is 60.3 Å².